The van der Waals surface area contributed by atoms with Gasteiger partial charge < -0.3 is 19.5 Å². The number of nitrogens with zero attached hydrogens (tertiary/aromatic N) is 3. The van der Waals surface area contributed by atoms with Gasteiger partial charge in [0.15, 0.2) is 5.76 Å². The maximum Gasteiger partial charge on any atom is 0.288 e. The first-order valence-electron chi connectivity index (χ1n) is 14.3. The van der Waals surface area contributed by atoms with Crippen molar-refractivity contribution in [2.75, 3.05) is 13.1 Å². The molecule has 3 aromatic rings. The second kappa shape index (κ2) is 12.7. The van der Waals surface area contributed by atoms with Crippen LogP contribution in [0.15, 0.2) is 71.2 Å². The Balaban J connectivity index is 1.45. The third kappa shape index (κ3) is 6.08. The predicted octanol–water partition coefficient (Wildman–Crippen LogP) is 4.70. The van der Waals surface area contributed by atoms with E-state index in [9.17, 15) is 14.7 Å². The van der Waals surface area contributed by atoms with Gasteiger partial charge in [0, 0.05) is 43.7 Å². The third-order valence-corrected chi connectivity index (χ3v) is 8.02. The van der Waals surface area contributed by atoms with Gasteiger partial charge in [-0.2, -0.15) is 0 Å². The highest BCUT2D eigenvalue weighted by atomic mass is 16.7. The van der Waals surface area contributed by atoms with E-state index in [4.69, 9.17) is 9.47 Å². The lowest BCUT2D eigenvalue weighted by Gasteiger charge is -2.32. The van der Waals surface area contributed by atoms with Crippen LogP contribution in [0.5, 0.6) is 0 Å². The molecule has 2 aliphatic heterocycles. The Morgan fingerprint density at radius 2 is 1.62 bits per heavy atom. The molecule has 3 heterocycles. The van der Waals surface area contributed by atoms with Crippen molar-refractivity contribution in [1.82, 2.24) is 14.3 Å². The summed E-state index contributed by atoms with van der Waals surface area (Å²) in [6.07, 6.45) is 6.96. The van der Waals surface area contributed by atoms with E-state index >= 15 is 0 Å². The molecule has 2 aliphatic rings. The van der Waals surface area contributed by atoms with Crippen molar-refractivity contribution in [3.63, 3.8) is 0 Å². The zero-order valence-electron chi connectivity index (χ0n) is 23.4. The number of aliphatic hydroxyl groups is 1. The van der Waals surface area contributed by atoms with E-state index in [1.165, 1.54) is 6.42 Å². The molecule has 0 aliphatic carbocycles. The maximum atomic E-state index is 13.8. The SMILES string of the molecule is Cc1c([C@@H]2C=C(C(=O)N3CCCCCCC3)O[C@H](OCc3ccc(CO)cc3)C2)c(=O)n(-c2ccccc2)n1C. The number of para-hydroxylation sites is 1. The lowest BCUT2D eigenvalue weighted by molar-refractivity contribution is -0.156. The molecule has 1 fully saturated rings. The highest BCUT2D eigenvalue weighted by Crippen LogP contribution is 2.33. The number of amides is 1. The Morgan fingerprint density at radius 3 is 2.30 bits per heavy atom. The fourth-order valence-corrected chi connectivity index (χ4v) is 5.66. The number of carbonyl (C=O) groups excluding carboxylic acids is 1. The molecule has 8 nitrogen and oxygen atoms in total. The molecule has 8 heteroatoms. The number of benzene rings is 2. The van der Waals surface area contributed by atoms with Crippen LogP contribution in [0.1, 0.15) is 66.8 Å². The lowest BCUT2D eigenvalue weighted by atomic mass is 9.93. The van der Waals surface area contributed by atoms with Crippen molar-refractivity contribution in [3.05, 3.63) is 99.2 Å². The molecule has 0 saturated carbocycles. The normalized spacial score (nSPS) is 19.9. The van der Waals surface area contributed by atoms with Gasteiger partial charge in [-0.15, -0.1) is 0 Å². The molecule has 1 amide bonds. The summed E-state index contributed by atoms with van der Waals surface area (Å²) in [6, 6.07) is 17.1. The van der Waals surface area contributed by atoms with Gasteiger partial charge in [0.25, 0.3) is 11.5 Å². The molecule has 40 heavy (non-hydrogen) atoms. The first kappa shape index (κ1) is 27.9. The monoisotopic (exact) mass is 545 g/mol. The quantitative estimate of drug-likeness (QED) is 0.465. The van der Waals surface area contributed by atoms with Gasteiger partial charge in [0.1, 0.15) is 0 Å². The first-order chi connectivity index (χ1) is 19.5. The number of likely N-dealkylation sites (tertiary alicyclic amines) is 1. The third-order valence-electron chi connectivity index (χ3n) is 8.02. The van der Waals surface area contributed by atoms with E-state index in [2.05, 4.69) is 0 Å². The number of ether oxygens (including phenoxy) is 2. The van der Waals surface area contributed by atoms with Crippen LogP contribution >= 0.6 is 0 Å². The van der Waals surface area contributed by atoms with Crippen LogP contribution in [0.3, 0.4) is 0 Å². The summed E-state index contributed by atoms with van der Waals surface area (Å²) in [5.41, 5.74) is 3.94. The molecule has 5 rings (SSSR count). The van der Waals surface area contributed by atoms with Crippen LogP contribution in [-0.2, 0) is 34.5 Å². The molecule has 2 aromatic carbocycles. The molecule has 0 bridgehead atoms. The zero-order valence-corrected chi connectivity index (χ0v) is 23.4. The lowest BCUT2D eigenvalue weighted by Crippen LogP contribution is -2.38. The summed E-state index contributed by atoms with van der Waals surface area (Å²) in [7, 11) is 1.88. The van der Waals surface area contributed by atoms with Crippen LogP contribution in [0.2, 0.25) is 0 Å². The molecular weight excluding hydrogens is 506 g/mol. The Bertz CT molecular complexity index is 1380. The Hall–Kier alpha value is -3.62. The summed E-state index contributed by atoms with van der Waals surface area (Å²) in [5, 5.41) is 9.34. The Kier molecular flexibility index (Phi) is 8.87. The average molecular weight is 546 g/mol. The topological polar surface area (TPSA) is 85.9 Å². The van der Waals surface area contributed by atoms with E-state index in [1.807, 2.05) is 84.2 Å². The highest BCUT2D eigenvalue weighted by Gasteiger charge is 2.34. The summed E-state index contributed by atoms with van der Waals surface area (Å²) >= 11 is 0. The fraction of sp³-hybridized carbons (Fsp3) is 0.438. The molecule has 1 aromatic heterocycles. The smallest absolute Gasteiger partial charge is 0.288 e. The number of aliphatic hydroxyl groups excluding tert-OH is 1. The van der Waals surface area contributed by atoms with E-state index in [1.54, 1.807) is 4.68 Å². The largest absolute Gasteiger partial charge is 0.459 e. The van der Waals surface area contributed by atoms with Crippen LogP contribution in [0.25, 0.3) is 5.69 Å². The van der Waals surface area contributed by atoms with E-state index in [0.717, 1.165) is 48.2 Å². The van der Waals surface area contributed by atoms with Gasteiger partial charge in [0.05, 0.1) is 18.9 Å². The Labute approximate surface area is 235 Å². The van der Waals surface area contributed by atoms with E-state index in [-0.39, 0.29) is 36.4 Å². The van der Waals surface area contributed by atoms with Crippen molar-refractivity contribution < 1.29 is 19.4 Å². The van der Waals surface area contributed by atoms with Crippen LogP contribution in [0.4, 0.5) is 0 Å². The number of hydrogen-bond acceptors (Lipinski definition) is 5. The van der Waals surface area contributed by atoms with E-state index < -0.39 is 6.29 Å². The van der Waals surface area contributed by atoms with Crippen molar-refractivity contribution in [3.8, 4) is 5.69 Å². The minimum absolute atomic E-state index is 0.0156. The Morgan fingerprint density at radius 1 is 0.975 bits per heavy atom. The number of allylic oxidation sites excluding steroid dienone is 1. The van der Waals surface area contributed by atoms with Crippen molar-refractivity contribution in [2.24, 2.45) is 7.05 Å². The number of hydrogen-bond donors (Lipinski definition) is 1. The first-order valence-corrected chi connectivity index (χ1v) is 14.3. The highest BCUT2D eigenvalue weighted by molar-refractivity contribution is 5.91. The summed E-state index contributed by atoms with van der Waals surface area (Å²) in [6.45, 7) is 3.63. The molecule has 1 saturated heterocycles. The van der Waals surface area contributed by atoms with Gasteiger partial charge in [-0.3, -0.25) is 14.3 Å². The number of rotatable bonds is 7. The van der Waals surface area contributed by atoms with Gasteiger partial charge in [-0.1, -0.05) is 61.7 Å². The van der Waals surface area contributed by atoms with Gasteiger partial charge in [-0.25, -0.2) is 4.68 Å². The van der Waals surface area contributed by atoms with Gasteiger partial charge >= 0.3 is 0 Å². The van der Waals surface area contributed by atoms with E-state index in [0.29, 0.717) is 25.1 Å². The summed E-state index contributed by atoms with van der Waals surface area (Å²) in [4.78, 5) is 29.4. The number of carbonyl (C=O) groups is 1. The molecule has 1 N–H and O–H groups in total. The summed E-state index contributed by atoms with van der Waals surface area (Å²) < 4.78 is 15.9. The van der Waals surface area contributed by atoms with Gasteiger partial charge in [0.2, 0.25) is 6.29 Å². The molecular formula is C32H39N3O5. The second-order valence-corrected chi connectivity index (χ2v) is 10.7. The van der Waals surface area contributed by atoms with Crippen molar-refractivity contribution in [1.29, 1.82) is 0 Å². The average Bonchev–Trinajstić information content (AvgIpc) is 3.19. The minimum Gasteiger partial charge on any atom is -0.459 e. The van der Waals surface area contributed by atoms with Crippen LogP contribution in [-0.4, -0.2) is 44.7 Å². The summed E-state index contributed by atoms with van der Waals surface area (Å²) in [5.74, 6) is -0.219. The van der Waals surface area contributed by atoms with Crippen LogP contribution < -0.4 is 5.56 Å². The molecule has 0 spiro atoms. The van der Waals surface area contributed by atoms with Crippen molar-refractivity contribution >= 4 is 5.91 Å². The van der Waals surface area contributed by atoms with Crippen molar-refractivity contribution in [2.45, 2.75) is 70.9 Å². The zero-order chi connectivity index (χ0) is 28.1. The maximum absolute atomic E-state index is 13.8. The van der Waals surface area contributed by atoms with Gasteiger partial charge in [-0.05, 0) is 49.1 Å². The molecule has 2 atom stereocenters. The molecule has 0 radical (unpaired) electrons. The minimum atomic E-state index is -0.689. The number of aromatic nitrogens is 2. The van der Waals surface area contributed by atoms with Crippen LogP contribution in [0, 0.1) is 6.92 Å². The molecule has 0 unspecified atom stereocenters. The second-order valence-electron chi connectivity index (χ2n) is 10.7. The standard InChI is InChI=1S/C32H39N3O5/c1-23-30(32(38)35(33(23)2)27-11-7-6-8-12-27)26-19-28(31(37)34-17-9-4-3-5-10-18-34)40-29(20-26)39-22-25-15-13-24(21-36)14-16-25/h6-8,11-16,19,26,29,36H,3-5,9-10,17-18,20-22H2,1-2H3/t26-,29+/m1/s1. The fourth-order valence-electron chi connectivity index (χ4n) is 5.66. The molecule has 212 valence electrons. The predicted molar refractivity (Wildman–Crippen MR) is 153 cm³/mol.